The van der Waals surface area contributed by atoms with Crippen LogP contribution in [0.15, 0.2) is 12.3 Å². The minimum Gasteiger partial charge on any atom is -0.471 e. The minimum atomic E-state index is -0.149. The highest BCUT2D eigenvalue weighted by Crippen LogP contribution is 2.22. The van der Waals surface area contributed by atoms with Gasteiger partial charge in [-0.15, -0.1) is 0 Å². The first-order valence-corrected chi connectivity index (χ1v) is 5.08. The molecule has 1 unspecified atom stereocenters. The molecule has 1 heterocycles. The van der Waals surface area contributed by atoms with E-state index < -0.39 is 0 Å². The molecule has 0 bridgehead atoms. The van der Waals surface area contributed by atoms with Crippen LogP contribution < -0.4 is 10.5 Å². The van der Waals surface area contributed by atoms with E-state index in [1.807, 2.05) is 19.9 Å². The molecule has 1 atom stereocenters. The van der Waals surface area contributed by atoms with E-state index in [4.69, 9.17) is 20.5 Å². The van der Waals surface area contributed by atoms with Gasteiger partial charge in [0.15, 0.2) is 0 Å². The zero-order valence-corrected chi connectivity index (χ0v) is 9.43. The zero-order chi connectivity index (χ0) is 12.0. The number of nitrogens with zero attached hydrogens (tertiary/aromatic N) is 2. The van der Waals surface area contributed by atoms with Gasteiger partial charge < -0.3 is 15.2 Å². The fourth-order valence-corrected chi connectivity index (χ4v) is 1.15. The maximum absolute atomic E-state index is 8.78. The van der Waals surface area contributed by atoms with Gasteiger partial charge in [0.25, 0.3) is 0 Å². The summed E-state index contributed by atoms with van der Waals surface area (Å²) in [5.41, 5.74) is 6.36. The molecule has 5 nitrogen and oxygen atoms in total. The summed E-state index contributed by atoms with van der Waals surface area (Å²) in [5.74, 6) is 0.284. The minimum absolute atomic E-state index is 0.149. The lowest BCUT2D eigenvalue weighted by atomic mass is 10.2. The van der Waals surface area contributed by atoms with Crippen LogP contribution in [0.4, 0.5) is 5.69 Å². The summed E-state index contributed by atoms with van der Waals surface area (Å²) in [6, 6.07) is 3.53. The van der Waals surface area contributed by atoms with E-state index in [-0.39, 0.29) is 17.7 Å². The largest absolute Gasteiger partial charge is 0.471 e. The molecule has 0 aromatic carbocycles. The van der Waals surface area contributed by atoms with Crippen molar-refractivity contribution in [3.8, 4) is 11.9 Å². The number of nitriles is 1. The Balaban J connectivity index is 2.70. The number of nitrogen functional groups attached to an aromatic ring is 1. The Bertz CT molecular complexity index is 387. The molecule has 86 valence electrons. The van der Waals surface area contributed by atoms with Gasteiger partial charge in [-0.05, 0) is 19.9 Å². The van der Waals surface area contributed by atoms with Gasteiger partial charge in [0.05, 0.1) is 12.2 Å². The van der Waals surface area contributed by atoms with Crippen LogP contribution >= 0.6 is 0 Å². The van der Waals surface area contributed by atoms with Crippen LogP contribution in [0.3, 0.4) is 0 Å². The van der Waals surface area contributed by atoms with E-state index in [1.54, 1.807) is 6.07 Å². The maximum atomic E-state index is 8.78. The molecule has 0 aliphatic rings. The molecule has 0 radical (unpaired) electrons. The van der Waals surface area contributed by atoms with Gasteiger partial charge in [0.1, 0.15) is 17.9 Å². The summed E-state index contributed by atoms with van der Waals surface area (Å²) >= 11 is 0. The van der Waals surface area contributed by atoms with Crippen molar-refractivity contribution in [3.05, 3.63) is 17.8 Å². The van der Waals surface area contributed by atoms with Gasteiger partial charge in [-0.1, -0.05) is 0 Å². The van der Waals surface area contributed by atoms with Crippen LogP contribution in [0.1, 0.15) is 19.4 Å². The number of pyridine rings is 1. The van der Waals surface area contributed by atoms with Crippen molar-refractivity contribution >= 4 is 5.69 Å². The maximum Gasteiger partial charge on any atom is 0.238 e. The third kappa shape index (κ3) is 3.11. The molecular weight excluding hydrogens is 206 g/mol. The van der Waals surface area contributed by atoms with E-state index in [0.29, 0.717) is 18.8 Å². The molecule has 0 amide bonds. The second-order valence-electron chi connectivity index (χ2n) is 3.28. The van der Waals surface area contributed by atoms with E-state index in [0.717, 1.165) is 0 Å². The van der Waals surface area contributed by atoms with Gasteiger partial charge in [0.2, 0.25) is 5.88 Å². The molecule has 0 aliphatic carbocycles. The second kappa shape index (κ2) is 5.93. The highest BCUT2D eigenvalue weighted by Gasteiger charge is 2.10. The fraction of sp³-hybridized carbons (Fsp3) is 0.455. The summed E-state index contributed by atoms with van der Waals surface area (Å²) in [7, 11) is 0. The Kier molecular flexibility index (Phi) is 4.55. The van der Waals surface area contributed by atoms with Gasteiger partial charge in [-0.3, -0.25) is 0 Å². The van der Waals surface area contributed by atoms with Gasteiger partial charge in [-0.2, -0.15) is 5.26 Å². The zero-order valence-electron chi connectivity index (χ0n) is 9.43. The van der Waals surface area contributed by atoms with E-state index in [2.05, 4.69) is 4.98 Å². The Labute approximate surface area is 94.8 Å². The van der Waals surface area contributed by atoms with Gasteiger partial charge in [0, 0.05) is 12.8 Å². The summed E-state index contributed by atoms with van der Waals surface area (Å²) in [6.07, 6.45) is 1.35. The molecule has 1 rings (SSSR count). The highest BCUT2D eigenvalue weighted by atomic mass is 16.5. The second-order valence-corrected chi connectivity index (χ2v) is 3.28. The third-order valence-corrected chi connectivity index (χ3v) is 1.94. The van der Waals surface area contributed by atoms with Crippen LogP contribution in [-0.4, -0.2) is 24.3 Å². The lowest BCUT2D eigenvalue weighted by Gasteiger charge is -2.15. The normalized spacial score (nSPS) is 11.8. The molecule has 0 fully saturated rings. The Morgan fingerprint density at radius 2 is 2.38 bits per heavy atom. The average molecular weight is 221 g/mol. The first-order valence-electron chi connectivity index (χ1n) is 5.08. The van der Waals surface area contributed by atoms with Gasteiger partial charge in [-0.25, -0.2) is 4.98 Å². The molecule has 0 spiro atoms. The van der Waals surface area contributed by atoms with Crippen molar-refractivity contribution in [2.24, 2.45) is 0 Å². The molecule has 0 aliphatic heterocycles. The Morgan fingerprint density at radius 3 is 3.00 bits per heavy atom. The van der Waals surface area contributed by atoms with Crippen LogP contribution in [0.5, 0.6) is 5.88 Å². The lowest BCUT2D eigenvalue weighted by molar-refractivity contribution is 0.0638. The molecule has 16 heavy (non-hydrogen) atoms. The van der Waals surface area contributed by atoms with Crippen LogP contribution in [0, 0.1) is 11.3 Å². The van der Waals surface area contributed by atoms with Crippen molar-refractivity contribution in [3.63, 3.8) is 0 Å². The molecule has 5 heteroatoms. The summed E-state index contributed by atoms with van der Waals surface area (Å²) in [4.78, 5) is 3.98. The standard InChI is InChI=1S/C11H15N3O2/c1-3-15-7-8(2)16-11-10(13)9(6-12)4-5-14-11/h4-5,8H,3,7,13H2,1-2H3. The van der Waals surface area contributed by atoms with Crippen LogP contribution in [0.2, 0.25) is 0 Å². The monoisotopic (exact) mass is 221 g/mol. The number of nitrogens with two attached hydrogens (primary N) is 1. The predicted octanol–water partition coefficient (Wildman–Crippen LogP) is 1.34. The van der Waals surface area contributed by atoms with E-state index >= 15 is 0 Å². The van der Waals surface area contributed by atoms with E-state index in [1.165, 1.54) is 6.20 Å². The number of rotatable bonds is 5. The first kappa shape index (κ1) is 12.3. The number of anilines is 1. The molecule has 0 saturated carbocycles. The number of hydrogen-bond acceptors (Lipinski definition) is 5. The quantitative estimate of drug-likeness (QED) is 0.811. The van der Waals surface area contributed by atoms with Crippen molar-refractivity contribution in [2.45, 2.75) is 20.0 Å². The first-order chi connectivity index (χ1) is 7.69. The number of ether oxygens (including phenoxy) is 2. The predicted molar refractivity (Wildman–Crippen MR) is 59.9 cm³/mol. The smallest absolute Gasteiger partial charge is 0.238 e. The topological polar surface area (TPSA) is 81.2 Å². The summed E-state index contributed by atoms with van der Waals surface area (Å²) in [5, 5.41) is 8.78. The van der Waals surface area contributed by atoms with Crippen molar-refractivity contribution in [2.75, 3.05) is 18.9 Å². The molecule has 1 aromatic heterocycles. The van der Waals surface area contributed by atoms with Crippen molar-refractivity contribution < 1.29 is 9.47 Å². The fourth-order valence-electron chi connectivity index (χ4n) is 1.15. The van der Waals surface area contributed by atoms with Crippen LogP contribution in [-0.2, 0) is 4.74 Å². The number of aromatic nitrogens is 1. The number of hydrogen-bond donors (Lipinski definition) is 1. The SMILES string of the molecule is CCOCC(C)Oc1nccc(C#N)c1N. The van der Waals surface area contributed by atoms with Crippen LogP contribution in [0.25, 0.3) is 0 Å². The van der Waals surface area contributed by atoms with Crippen molar-refractivity contribution in [1.82, 2.24) is 4.98 Å². The van der Waals surface area contributed by atoms with Gasteiger partial charge >= 0.3 is 0 Å². The average Bonchev–Trinajstić information content (AvgIpc) is 2.29. The molecule has 2 N–H and O–H groups in total. The third-order valence-electron chi connectivity index (χ3n) is 1.94. The molecule has 0 saturated heterocycles. The summed E-state index contributed by atoms with van der Waals surface area (Å²) < 4.78 is 10.7. The molecular formula is C11H15N3O2. The Morgan fingerprint density at radius 1 is 1.62 bits per heavy atom. The highest BCUT2D eigenvalue weighted by molar-refractivity contribution is 5.59. The molecule has 1 aromatic rings. The Hall–Kier alpha value is -1.80. The lowest BCUT2D eigenvalue weighted by Crippen LogP contribution is -2.20. The van der Waals surface area contributed by atoms with Crippen molar-refractivity contribution in [1.29, 1.82) is 5.26 Å². The summed E-state index contributed by atoms with van der Waals surface area (Å²) in [6.45, 7) is 4.87. The van der Waals surface area contributed by atoms with E-state index in [9.17, 15) is 0 Å².